The molecule has 0 aromatic heterocycles. The Morgan fingerprint density at radius 2 is 2.14 bits per heavy atom. The normalized spacial score (nSPS) is 29.8. The minimum absolute atomic E-state index is 0.706. The highest BCUT2D eigenvalue weighted by Gasteiger charge is 2.26. The van der Waals surface area contributed by atoms with E-state index >= 15 is 0 Å². The average molecular weight is 198 g/mol. The fraction of sp³-hybridized carbons (Fsp3) is 1.00. The van der Waals surface area contributed by atoms with E-state index in [-0.39, 0.29) is 0 Å². The van der Waals surface area contributed by atoms with Crippen molar-refractivity contribution in [2.24, 2.45) is 0 Å². The van der Waals surface area contributed by atoms with Gasteiger partial charge in [-0.05, 0) is 46.6 Å². The Morgan fingerprint density at radius 3 is 2.64 bits per heavy atom. The predicted octanol–water partition coefficient (Wildman–Crippen LogP) is 2.25. The van der Waals surface area contributed by atoms with E-state index in [2.05, 4.69) is 37.9 Å². The minimum Gasteiger partial charge on any atom is -0.314 e. The van der Waals surface area contributed by atoms with Crippen molar-refractivity contribution in [3.63, 3.8) is 0 Å². The van der Waals surface area contributed by atoms with Crippen LogP contribution in [0, 0.1) is 0 Å². The third-order valence-corrected chi connectivity index (χ3v) is 3.27. The van der Waals surface area contributed by atoms with E-state index in [9.17, 15) is 0 Å². The Bertz CT molecular complexity index is 156. The molecule has 1 fully saturated rings. The first-order chi connectivity index (χ1) is 6.65. The summed E-state index contributed by atoms with van der Waals surface area (Å²) in [6, 6.07) is 2.22. The van der Waals surface area contributed by atoms with E-state index in [1.165, 1.54) is 32.4 Å². The van der Waals surface area contributed by atoms with Gasteiger partial charge in [-0.15, -0.1) is 0 Å². The molecular weight excluding hydrogens is 172 g/mol. The molecule has 1 saturated heterocycles. The second kappa shape index (κ2) is 5.72. The smallest absolute Gasteiger partial charge is 0.00940 e. The van der Waals surface area contributed by atoms with Crippen LogP contribution in [-0.2, 0) is 0 Å². The highest BCUT2D eigenvalue weighted by Crippen LogP contribution is 2.19. The Labute approximate surface area is 89.1 Å². The van der Waals surface area contributed by atoms with Crippen molar-refractivity contribution in [1.82, 2.24) is 10.2 Å². The molecule has 0 radical (unpaired) electrons. The summed E-state index contributed by atoms with van der Waals surface area (Å²) in [6.45, 7) is 11.6. The zero-order chi connectivity index (χ0) is 10.6. The molecule has 0 amide bonds. The van der Waals surface area contributed by atoms with Crippen LogP contribution in [0.1, 0.15) is 47.0 Å². The van der Waals surface area contributed by atoms with Crippen LogP contribution in [0.2, 0.25) is 0 Å². The summed E-state index contributed by atoms with van der Waals surface area (Å²) in [4.78, 5) is 2.62. The van der Waals surface area contributed by atoms with Gasteiger partial charge >= 0.3 is 0 Å². The third-order valence-electron chi connectivity index (χ3n) is 3.27. The van der Waals surface area contributed by atoms with Crippen molar-refractivity contribution < 1.29 is 0 Å². The Morgan fingerprint density at radius 1 is 1.43 bits per heavy atom. The molecule has 0 aromatic carbocycles. The molecule has 0 aromatic rings. The molecule has 2 atom stereocenters. The van der Waals surface area contributed by atoms with Gasteiger partial charge in [-0.2, -0.15) is 0 Å². The summed E-state index contributed by atoms with van der Waals surface area (Å²) >= 11 is 0. The van der Waals surface area contributed by atoms with Crippen LogP contribution in [0.25, 0.3) is 0 Å². The lowest BCUT2D eigenvalue weighted by Crippen LogP contribution is -2.50. The van der Waals surface area contributed by atoms with Gasteiger partial charge in [-0.1, -0.05) is 6.92 Å². The van der Waals surface area contributed by atoms with E-state index in [0.29, 0.717) is 6.04 Å². The van der Waals surface area contributed by atoms with Gasteiger partial charge < -0.3 is 5.32 Å². The Balaban J connectivity index is 2.31. The topological polar surface area (TPSA) is 15.3 Å². The summed E-state index contributed by atoms with van der Waals surface area (Å²) in [5, 5.41) is 3.63. The highest BCUT2D eigenvalue weighted by atomic mass is 15.2. The fourth-order valence-corrected chi connectivity index (χ4v) is 2.49. The van der Waals surface area contributed by atoms with Crippen LogP contribution in [0.4, 0.5) is 0 Å². The number of hydrogen-bond acceptors (Lipinski definition) is 2. The molecule has 2 heteroatoms. The molecule has 1 aliphatic heterocycles. The van der Waals surface area contributed by atoms with Crippen molar-refractivity contribution in [1.29, 1.82) is 0 Å². The van der Waals surface area contributed by atoms with E-state index in [1.54, 1.807) is 0 Å². The van der Waals surface area contributed by atoms with Gasteiger partial charge in [-0.3, -0.25) is 4.90 Å². The monoisotopic (exact) mass is 198 g/mol. The number of likely N-dealkylation sites (tertiary alicyclic amines) is 1. The lowest BCUT2D eigenvalue weighted by molar-refractivity contribution is 0.104. The van der Waals surface area contributed by atoms with Gasteiger partial charge in [0, 0.05) is 24.7 Å². The molecule has 0 aliphatic carbocycles. The van der Waals surface area contributed by atoms with Crippen LogP contribution in [0.3, 0.4) is 0 Å². The van der Waals surface area contributed by atoms with E-state index in [4.69, 9.17) is 0 Å². The zero-order valence-corrected chi connectivity index (χ0v) is 10.2. The number of nitrogens with one attached hydrogen (secondary N) is 1. The SMILES string of the molecule is CCCNC1CCN(C(C)C)C(C)C1. The van der Waals surface area contributed by atoms with Crippen LogP contribution in [0.5, 0.6) is 0 Å². The van der Waals surface area contributed by atoms with Gasteiger partial charge in [0.2, 0.25) is 0 Å². The molecule has 0 spiro atoms. The van der Waals surface area contributed by atoms with E-state index in [1.807, 2.05) is 0 Å². The molecule has 14 heavy (non-hydrogen) atoms. The van der Waals surface area contributed by atoms with Crippen molar-refractivity contribution in [2.75, 3.05) is 13.1 Å². The summed E-state index contributed by atoms with van der Waals surface area (Å²) in [6.07, 6.45) is 3.89. The lowest BCUT2D eigenvalue weighted by atomic mass is 9.97. The first-order valence-corrected chi connectivity index (χ1v) is 6.14. The molecule has 1 heterocycles. The average Bonchev–Trinajstić information content (AvgIpc) is 2.14. The molecule has 2 unspecified atom stereocenters. The van der Waals surface area contributed by atoms with Gasteiger partial charge in [0.05, 0.1) is 0 Å². The maximum atomic E-state index is 3.63. The quantitative estimate of drug-likeness (QED) is 0.745. The van der Waals surface area contributed by atoms with Gasteiger partial charge in [-0.25, -0.2) is 0 Å². The molecule has 0 bridgehead atoms. The maximum absolute atomic E-state index is 3.63. The molecule has 1 rings (SSSR count). The van der Waals surface area contributed by atoms with Gasteiger partial charge in [0.1, 0.15) is 0 Å². The molecule has 2 nitrogen and oxygen atoms in total. The van der Waals surface area contributed by atoms with Gasteiger partial charge in [0.25, 0.3) is 0 Å². The van der Waals surface area contributed by atoms with Crippen LogP contribution in [-0.4, -0.2) is 36.1 Å². The second-order valence-electron chi connectivity index (χ2n) is 4.86. The molecule has 0 saturated carbocycles. The predicted molar refractivity (Wildman–Crippen MR) is 62.6 cm³/mol. The highest BCUT2D eigenvalue weighted by molar-refractivity contribution is 4.84. The number of hydrogen-bond donors (Lipinski definition) is 1. The van der Waals surface area contributed by atoms with E-state index < -0.39 is 0 Å². The lowest BCUT2D eigenvalue weighted by Gasteiger charge is -2.40. The number of nitrogens with zero attached hydrogens (tertiary/aromatic N) is 1. The van der Waals surface area contributed by atoms with Crippen molar-refractivity contribution >= 4 is 0 Å². The Kier molecular flexibility index (Phi) is 4.90. The van der Waals surface area contributed by atoms with E-state index in [0.717, 1.165) is 12.1 Å². The summed E-state index contributed by atoms with van der Waals surface area (Å²) in [5.41, 5.74) is 0. The van der Waals surface area contributed by atoms with Crippen LogP contribution < -0.4 is 5.32 Å². The first kappa shape index (κ1) is 12.0. The fourth-order valence-electron chi connectivity index (χ4n) is 2.49. The summed E-state index contributed by atoms with van der Waals surface area (Å²) in [7, 11) is 0. The zero-order valence-electron chi connectivity index (χ0n) is 10.2. The summed E-state index contributed by atoms with van der Waals surface area (Å²) < 4.78 is 0. The number of piperidine rings is 1. The van der Waals surface area contributed by atoms with Crippen molar-refractivity contribution in [3.8, 4) is 0 Å². The number of rotatable bonds is 4. The maximum Gasteiger partial charge on any atom is 0.00940 e. The Hall–Kier alpha value is -0.0800. The van der Waals surface area contributed by atoms with Crippen molar-refractivity contribution in [2.45, 2.75) is 65.1 Å². The second-order valence-corrected chi connectivity index (χ2v) is 4.86. The molecule has 1 aliphatic rings. The third kappa shape index (κ3) is 3.25. The first-order valence-electron chi connectivity index (χ1n) is 6.14. The molecule has 1 N–H and O–H groups in total. The minimum atomic E-state index is 0.706. The standard InChI is InChI=1S/C12H26N2/c1-5-7-13-12-6-8-14(10(2)3)11(4)9-12/h10-13H,5-9H2,1-4H3. The molecular formula is C12H26N2. The van der Waals surface area contributed by atoms with Crippen LogP contribution in [0.15, 0.2) is 0 Å². The van der Waals surface area contributed by atoms with Crippen molar-refractivity contribution in [3.05, 3.63) is 0 Å². The largest absolute Gasteiger partial charge is 0.314 e. The summed E-state index contributed by atoms with van der Waals surface area (Å²) in [5.74, 6) is 0. The molecule has 84 valence electrons. The van der Waals surface area contributed by atoms with Crippen LogP contribution >= 0.6 is 0 Å². The van der Waals surface area contributed by atoms with Gasteiger partial charge in [0.15, 0.2) is 0 Å².